The number of methoxy groups -OCH3 is 1. The van der Waals surface area contributed by atoms with Crippen molar-refractivity contribution in [3.05, 3.63) is 11.0 Å². The summed E-state index contributed by atoms with van der Waals surface area (Å²) < 4.78 is 9.25. The van der Waals surface area contributed by atoms with E-state index < -0.39 is 12.4 Å². The number of hydrogen-bond acceptors (Lipinski definition) is 5. The van der Waals surface area contributed by atoms with Crippen LogP contribution in [0.4, 0.5) is 4.79 Å². The first-order valence-corrected chi connectivity index (χ1v) is 5.09. The predicted octanol–water partition coefficient (Wildman–Crippen LogP) is 0.814. The molecule has 1 rings (SSSR count). The molecule has 14 heavy (non-hydrogen) atoms. The summed E-state index contributed by atoms with van der Waals surface area (Å²) in [7, 11) is 2.79. The van der Waals surface area contributed by atoms with Crippen molar-refractivity contribution >= 4 is 23.8 Å². The molecule has 0 N–H and O–H groups in total. The molecule has 0 aromatic rings. The highest BCUT2D eigenvalue weighted by Gasteiger charge is 2.32. The van der Waals surface area contributed by atoms with Crippen LogP contribution in [0, 0.1) is 0 Å². The minimum absolute atomic E-state index is 0.178. The predicted molar refractivity (Wildman–Crippen MR) is 51.6 cm³/mol. The van der Waals surface area contributed by atoms with Crippen molar-refractivity contribution in [2.24, 2.45) is 0 Å². The van der Waals surface area contributed by atoms with Gasteiger partial charge in [-0.1, -0.05) is 0 Å². The van der Waals surface area contributed by atoms with Gasteiger partial charge in [0.1, 0.15) is 0 Å². The summed E-state index contributed by atoms with van der Waals surface area (Å²) in [6, 6.07) is 0. The van der Waals surface area contributed by atoms with Crippen molar-refractivity contribution in [3.63, 3.8) is 0 Å². The second kappa shape index (κ2) is 4.36. The summed E-state index contributed by atoms with van der Waals surface area (Å²) in [4.78, 5) is 24.1. The molecular formula is C8H11NO4S. The van der Waals surface area contributed by atoms with E-state index in [1.165, 1.54) is 29.8 Å². The molecule has 0 saturated heterocycles. The molecule has 0 aromatic carbocycles. The van der Waals surface area contributed by atoms with Crippen molar-refractivity contribution in [2.45, 2.75) is 6.23 Å². The van der Waals surface area contributed by atoms with Crippen LogP contribution in [0.15, 0.2) is 11.0 Å². The molecule has 1 atom stereocenters. The summed E-state index contributed by atoms with van der Waals surface area (Å²) in [6.07, 6.45) is 1.81. The summed E-state index contributed by atoms with van der Waals surface area (Å²) in [5, 5.41) is 0. The highest BCUT2D eigenvalue weighted by atomic mass is 32.2. The largest absolute Gasteiger partial charge is 0.510 e. The van der Waals surface area contributed by atoms with E-state index in [4.69, 9.17) is 4.74 Å². The van der Waals surface area contributed by atoms with Gasteiger partial charge in [-0.3, -0.25) is 4.79 Å². The maximum absolute atomic E-state index is 11.2. The van der Waals surface area contributed by atoms with E-state index in [2.05, 4.69) is 4.74 Å². The Balaban J connectivity index is 2.72. The lowest BCUT2D eigenvalue weighted by Gasteiger charge is -2.21. The van der Waals surface area contributed by atoms with Crippen LogP contribution in [0.2, 0.25) is 0 Å². The van der Waals surface area contributed by atoms with Crippen molar-refractivity contribution in [2.75, 3.05) is 20.4 Å². The van der Waals surface area contributed by atoms with E-state index >= 15 is 0 Å². The average Bonchev–Trinajstić information content (AvgIpc) is 2.45. The Kier molecular flexibility index (Phi) is 3.40. The van der Waals surface area contributed by atoms with Crippen LogP contribution < -0.4 is 0 Å². The number of carbonyl (C=O) groups is 2. The lowest BCUT2D eigenvalue weighted by molar-refractivity contribution is -0.129. The third-order valence-electron chi connectivity index (χ3n) is 1.82. The molecule has 0 radical (unpaired) electrons. The van der Waals surface area contributed by atoms with E-state index in [0.717, 1.165) is 0 Å². The van der Waals surface area contributed by atoms with Gasteiger partial charge in [-0.25, -0.2) is 4.79 Å². The first-order chi connectivity index (χ1) is 6.60. The molecule has 1 amide bonds. The molecule has 0 fully saturated rings. The number of nitrogens with zero attached hydrogens (tertiary/aromatic N) is 1. The Morgan fingerprint density at radius 3 is 2.79 bits per heavy atom. The van der Waals surface area contributed by atoms with Gasteiger partial charge in [0.2, 0.25) is 12.1 Å². The van der Waals surface area contributed by atoms with Crippen LogP contribution in [0.3, 0.4) is 0 Å². The topological polar surface area (TPSA) is 55.8 Å². The van der Waals surface area contributed by atoms with Gasteiger partial charge in [0, 0.05) is 13.1 Å². The third kappa shape index (κ3) is 2.01. The number of ether oxygens (including phenoxy) is 2. The van der Waals surface area contributed by atoms with Crippen molar-refractivity contribution < 1.29 is 19.1 Å². The number of rotatable bonds is 2. The Labute approximate surface area is 86.0 Å². The Bertz CT molecular complexity index is 289. The smallest absolute Gasteiger partial charge is 0.438 e. The molecule has 78 valence electrons. The quantitative estimate of drug-likeness (QED) is 0.641. The Morgan fingerprint density at radius 2 is 2.29 bits per heavy atom. The maximum atomic E-state index is 11.2. The fraction of sp³-hybridized carbons (Fsp3) is 0.500. The first kappa shape index (κ1) is 10.9. The summed E-state index contributed by atoms with van der Waals surface area (Å²) in [6.45, 7) is 0. The van der Waals surface area contributed by atoms with Gasteiger partial charge in [0.25, 0.3) is 0 Å². The number of carbonyl (C=O) groups excluding carboxylic acids is 2. The minimum atomic E-state index is -0.795. The molecule has 0 spiro atoms. The van der Waals surface area contributed by atoms with Crippen LogP contribution in [0.5, 0.6) is 0 Å². The highest BCUT2D eigenvalue weighted by molar-refractivity contribution is 8.02. The molecular weight excluding hydrogens is 206 g/mol. The molecule has 0 aliphatic carbocycles. The normalized spacial score (nSPS) is 20.8. The molecule has 1 unspecified atom stereocenters. The van der Waals surface area contributed by atoms with Crippen molar-refractivity contribution in [3.8, 4) is 0 Å². The second-order valence-electron chi connectivity index (χ2n) is 2.62. The summed E-state index contributed by atoms with van der Waals surface area (Å²) >= 11 is 1.37. The summed E-state index contributed by atoms with van der Waals surface area (Å²) in [5.74, 6) is -0.178. The Hall–Kier alpha value is -1.17. The number of thioether (sulfide) groups is 1. The first-order valence-electron chi connectivity index (χ1n) is 3.87. The van der Waals surface area contributed by atoms with Gasteiger partial charge in [-0.15, -0.1) is 11.8 Å². The van der Waals surface area contributed by atoms with Gasteiger partial charge < -0.3 is 14.4 Å². The lowest BCUT2D eigenvalue weighted by atomic mass is 10.5. The van der Waals surface area contributed by atoms with Crippen molar-refractivity contribution in [1.29, 1.82) is 0 Å². The van der Waals surface area contributed by atoms with E-state index in [-0.39, 0.29) is 5.91 Å². The minimum Gasteiger partial charge on any atom is -0.438 e. The van der Waals surface area contributed by atoms with Gasteiger partial charge >= 0.3 is 6.16 Å². The van der Waals surface area contributed by atoms with Crippen LogP contribution in [-0.4, -0.2) is 43.6 Å². The monoisotopic (exact) mass is 217 g/mol. The standard InChI is InChI=1S/C8H11NO4S/c1-9-6(10)4-5(14-3)7(9)13-8(11)12-2/h4,7H,1-3H3. The van der Waals surface area contributed by atoms with E-state index in [0.29, 0.717) is 4.91 Å². The molecule has 0 bridgehead atoms. The zero-order valence-corrected chi connectivity index (χ0v) is 8.96. The number of amides is 1. The zero-order valence-electron chi connectivity index (χ0n) is 8.14. The molecule has 5 nitrogen and oxygen atoms in total. The fourth-order valence-corrected chi connectivity index (χ4v) is 1.66. The lowest BCUT2D eigenvalue weighted by Crippen LogP contribution is -2.34. The van der Waals surface area contributed by atoms with Crippen molar-refractivity contribution in [1.82, 2.24) is 4.90 Å². The van der Waals surface area contributed by atoms with Crippen LogP contribution in [0.25, 0.3) is 0 Å². The van der Waals surface area contributed by atoms with Crippen LogP contribution in [0.1, 0.15) is 0 Å². The van der Waals surface area contributed by atoms with E-state index in [9.17, 15) is 9.59 Å². The maximum Gasteiger partial charge on any atom is 0.510 e. The van der Waals surface area contributed by atoms with Gasteiger partial charge in [-0.2, -0.15) is 0 Å². The molecule has 1 aliphatic rings. The zero-order chi connectivity index (χ0) is 10.7. The summed E-state index contributed by atoms with van der Waals surface area (Å²) in [5.41, 5.74) is 0. The van der Waals surface area contributed by atoms with E-state index in [1.54, 1.807) is 7.05 Å². The molecule has 1 aliphatic heterocycles. The SMILES string of the molecule is COC(=O)OC1C(SC)=CC(=O)N1C. The average molecular weight is 217 g/mol. The number of likely N-dealkylation sites (N-methyl/N-ethyl adjacent to an activating group) is 1. The molecule has 0 aromatic heterocycles. The van der Waals surface area contributed by atoms with E-state index in [1.807, 2.05) is 6.26 Å². The van der Waals surface area contributed by atoms with Crippen LogP contribution in [-0.2, 0) is 14.3 Å². The van der Waals surface area contributed by atoms with Gasteiger partial charge in [-0.05, 0) is 6.26 Å². The highest BCUT2D eigenvalue weighted by Crippen LogP contribution is 2.27. The second-order valence-corrected chi connectivity index (χ2v) is 3.50. The van der Waals surface area contributed by atoms with Gasteiger partial charge in [0.05, 0.1) is 12.0 Å². The van der Waals surface area contributed by atoms with Crippen LogP contribution >= 0.6 is 11.8 Å². The number of hydrogen-bond donors (Lipinski definition) is 0. The molecule has 6 heteroatoms. The molecule has 0 saturated carbocycles. The molecule has 1 heterocycles. The Morgan fingerprint density at radius 1 is 1.64 bits per heavy atom. The fourth-order valence-electron chi connectivity index (χ4n) is 1.04. The third-order valence-corrected chi connectivity index (χ3v) is 2.61. The van der Waals surface area contributed by atoms with Gasteiger partial charge in [0.15, 0.2) is 0 Å².